The van der Waals surface area contributed by atoms with Crippen LogP contribution in [0.5, 0.6) is 5.75 Å². The molecule has 0 aliphatic rings. The number of ether oxygens (including phenoxy) is 1. The van der Waals surface area contributed by atoms with Gasteiger partial charge in [-0.3, -0.25) is 10.1 Å². The van der Waals surface area contributed by atoms with Gasteiger partial charge in [-0.1, -0.05) is 30.3 Å². The highest BCUT2D eigenvalue weighted by Gasteiger charge is 2.09. The van der Waals surface area contributed by atoms with Crippen LogP contribution in [0.15, 0.2) is 59.6 Å². The molecule has 0 aliphatic carbocycles. The van der Waals surface area contributed by atoms with Crippen LogP contribution in [-0.4, -0.2) is 47.2 Å². The second-order valence-corrected chi connectivity index (χ2v) is 6.08. The standard InChI is InChI=1S/C20H24N6O/c1-21-20(26(2)14-15-7-5-4-6-8-15)22-13-18-23-19(25-24-18)16-9-11-17(27-3)12-10-16/h4-12H,13-14H2,1-3H3,(H,21,22)(H,23,24,25). The number of H-pyrrole nitrogens is 1. The van der Waals surface area contributed by atoms with Gasteiger partial charge in [-0.2, -0.15) is 5.10 Å². The van der Waals surface area contributed by atoms with Crippen molar-refractivity contribution in [2.45, 2.75) is 13.1 Å². The van der Waals surface area contributed by atoms with Crippen molar-refractivity contribution >= 4 is 5.96 Å². The van der Waals surface area contributed by atoms with Crippen molar-refractivity contribution in [3.05, 3.63) is 66.0 Å². The van der Waals surface area contributed by atoms with Gasteiger partial charge in [0.25, 0.3) is 0 Å². The zero-order valence-corrected chi connectivity index (χ0v) is 15.8. The Kier molecular flexibility index (Phi) is 6.04. The largest absolute Gasteiger partial charge is 0.497 e. The lowest BCUT2D eigenvalue weighted by atomic mass is 10.2. The number of benzene rings is 2. The van der Waals surface area contributed by atoms with Crippen molar-refractivity contribution in [2.24, 2.45) is 4.99 Å². The first kappa shape index (κ1) is 18.4. The summed E-state index contributed by atoms with van der Waals surface area (Å²) in [5, 5.41) is 10.6. The van der Waals surface area contributed by atoms with E-state index in [1.165, 1.54) is 5.56 Å². The zero-order valence-electron chi connectivity index (χ0n) is 15.8. The van der Waals surface area contributed by atoms with Gasteiger partial charge in [0, 0.05) is 26.2 Å². The first-order valence-corrected chi connectivity index (χ1v) is 8.71. The summed E-state index contributed by atoms with van der Waals surface area (Å²) >= 11 is 0. The highest BCUT2D eigenvalue weighted by Crippen LogP contribution is 2.18. The van der Waals surface area contributed by atoms with Crippen molar-refractivity contribution in [3.63, 3.8) is 0 Å². The minimum atomic E-state index is 0.509. The lowest BCUT2D eigenvalue weighted by Gasteiger charge is -2.21. The van der Waals surface area contributed by atoms with E-state index in [-0.39, 0.29) is 0 Å². The number of aromatic amines is 1. The molecule has 0 atom stereocenters. The minimum absolute atomic E-state index is 0.509. The van der Waals surface area contributed by atoms with E-state index in [9.17, 15) is 0 Å². The first-order chi connectivity index (χ1) is 13.2. The maximum atomic E-state index is 5.18. The summed E-state index contributed by atoms with van der Waals surface area (Å²) in [6.07, 6.45) is 0. The van der Waals surface area contributed by atoms with Gasteiger partial charge in [0.1, 0.15) is 11.6 Å². The van der Waals surface area contributed by atoms with E-state index in [2.05, 4.69) is 42.5 Å². The predicted molar refractivity (Wildman–Crippen MR) is 106 cm³/mol. The smallest absolute Gasteiger partial charge is 0.194 e. The van der Waals surface area contributed by atoms with Crippen molar-refractivity contribution in [2.75, 3.05) is 21.2 Å². The number of guanidine groups is 1. The van der Waals surface area contributed by atoms with Gasteiger partial charge < -0.3 is 15.0 Å². The Balaban J connectivity index is 1.59. The summed E-state index contributed by atoms with van der Waals surface area (Å²) in [6.45, 7) is 1.28. The molecule has 2 aromatic carbocycles. The summed E-state index contributed by atoms with van der Waals surface area (Å²) in [4.78, 5) is 10.9. The highest BCUT2D eigenvalue weighted by atomic mass is 16.5. The van der Waals surface area contributed by atoms with E-state index in [1.807, 2.05) is 49.5 Å². The van der Waals surface area contributed by atoms with Gasteiger partial charge >= 0.3 is 0 Å². The van der Waals surface area contributed by atoms with Gasteiger partial charge in [0.2, 0.25) is 0 Å². The predicted octanol–water partition coefficient (Wildman–Crippen LogP) is 2.69. The zero-order chi connectivity index (χ0) is 19.1. The molecule has 7 heteroatoms. The van der Waals surface area contributed by atoms with Gasteiger partial charge in [-0.15, -0.1) is 0 Å². The molecule has 0 amide bonds. The van der Waals surface area contributed by atoms with Crippen LogP contribution in [0.2, 0.25) is 0 Å². The van der Waals surface area contributed by atoms with E-state index in [1.54, 1.807) is 14.2 Å². The lowest BCUT2D eigenvalue weighted by Crippen LogP contribution is -2.38. The second kappa shape index (κ2) is 8.84. The fourth-order valence-electron chi connectivity index (χ4n) is 2.72. The number of rotatable bonds is 6. The Morgan fingerprint density at radius 3 is 2.56 bits per heavy atom. The van der Waals surface area contributed by atoms with E-state index >= 15 is 0 Å². The van der Waals surface area contributed by atoms with Crippen molar-refractivity contribution < 1.29 is 4.74 Å². The molecule has 1 aromatic heterocycles. The molecule has 0 spiro atoms. The van der Waals surface area contributed by atoms with Gasteiger partial charge in [-0.25, -0.2) is 4.98 Å². The van der Waals surface area contributed by atoms with Gasteiger partial charge in [-0.05, 0) is 29.8 Å². The number of hydrogen-bond acceptors (Lipinski definition) is 4. The number of nitrogens with one attached hydrogen (secondary N) is 2. The molecule has 1 heterocycles. The van der Waals surface area contributed by atoms with Crippen LogP contribution in [-0.2, 0) is 13.1 Å². The molecule has 0 saturated carbocycles. The Hall–Kier alpha value is -3.35. The second-order valence-electron chi connectivity index (χ2n) is 6.08. The molecule has 0 aliphatic heterocycles. The monoisotopic (exact) mass is 364 g/mol. The van der Waals surface area contributed by atoms with E-state index in [0.29, 0.717) is 12.4 Å². The lowest BCUT2D eigenvalue weighted by molar-refractivity contribution is 0.415. The average Bonchev–Trinajstić information content (AvgIpc) is 3.18. The molecular formula is C20H24N6O. The maximum absolute atomic E-state index is 5.18. The van der Waals surface area contributed by atoms with Crippen molar-refractivity contribution in [1.29, 1.82) is 0 Å². The third kappa shape index (κ3) is 4.84. The molecule has 0 bridgehead atoms. The summed E-state index contributed by atoms with van der Waals surface area (Å²) < 4.78 is 5.18. The van der Waals surface area contributed by atoms with Crippen LogP contribution >= 0.6 is 0 Å². The third-order valence-corrected chi connectivity index (χ3v) is 4.13. The third-order valence-electron chi connectivity index (χ3n) is 4.13. The SMILES string of the molecule is CN=C(NCc1nc(-c2ccc(OC)cc2)n[nH]1)N(C)Cc1ccccc1. The van der Waals surface area contributed by atoms with E-state index in [0.717, 1.165) is 29.6 Å². The molecule has 0 saturated heterocycles. The molecule has 3 rings (SSSR count). The maximum Gasteiger partial charge on any atom is 0.194 e. The van der Waals surface area contributed by atoms with E-state index < -0.39 is 0 Å². The Morgan fingerprint density at radius 2 is 1.89 bits per heavy atom. The Labute approximate surface area is 159 Å². The number of aliphatic imine (C=N–C) groups is 1. The van der Waals surface area contributed by atoms with E-state index in [4.69, 9.17) is 4.74 Å². The molecule has 7 nitrogen and oxygen atoms in total. The Morgan fingerprint density at radius 1 is 1.15 bits per heavy atom. The number of aromatic nitrogens is 3. The highest BCUT2D eigenvalue weighted by molar-refractivity contribution is 5.79. The number of nitrogens with zero attached hydrogens (tertiary/aromatic N) is 4. The molecule has 2 N–H and O–H groups in total. The quantitative estimate of drug-likeness (QED) is 0.519. The Bertz CT molecular complexity index is 873. The van der Waals surface area contributed by atoms with Crippen LogP contribution in [0.1, 0.15) is 11.4 Å². The molecule has 0 unspecified atom stereocenters. The fraction of sp³-hybridized carbons (Fsp3) is 0.250. The topological polar surface area (TPSA) is 78.4 Å². The van der Waals surface area contributed by atoms with Crippen LogP contribution in [0.4, 0.5) is 0 Å². The normalized spacial score (nSPS) is 11.3. The van der Waals surface area contributed by atoms with Crippen LogP contribution in [0.25, 0.3) is 11.4 Å². The van der Waals surface area contributed by atoms with Gasteiger partial charge in [0.15, 0.2) is 11.8 Å². The fourth-order valence-corrected chi connectivity index (χ4v) is 2.72. The molecular weight excluding hydrogens is 340 g/mol. The van der Waals surface area contributed by atoms with Crippen LogP contribution in [0, 0.1) is 0 Å². The minimum Gasteiger partial charge on any atom is -0.497 e. The summed E-state index contributed by atoms with van der Waals surface area (Å²) in [7, 11) is 5.42. The molecule has 3 aromatic rings. The molecule has 0 fully saturated rings. The van der Waals surface area contributed by atoms with Crippen molar-refractivity contribution in [3.8, 4) is 17.1 Å². The van der Waals surface area contributed by atoms with Crippen LogP contribution in [0.3, 0.4) is 0 Å². The summed E-state index contributed by atoms with van der Waals surface area (Å²) in [6, 6.07) is 17.9. The summed E-state index contributed by atoms with van der Waals surface area (Å²) in [5.74, 6) is 3.00. The first-order valence-electron chi connectivity index (χ1n) is 8.71. The average molecular weight is 364 g/mol. The molecule has 140 valence electrons. The summed E-state index contributed by atoms with van der Waals surface area (Å²) in [5.41, 5.74) is 2.16. The van der Waals surface area contributed by atoms with Crippen molar-refractivity contribution in [1.82, 2.24) is 25.4 Å². The molecule has 0 radical (unpaired) electrons. The number of hydrogen-bond donors (Lipinski definition) is 2. The number of methoxy groups -OCH3 is 1. The molecule has 27 heavy (non-hydrogen) atoms. The van der Waals surface area contributed by atoms with Gasteiger partial charge in [0.05, 0.1) is 13.7 Å². The van der Waals surface area contributed by atoms with Crippen LogP contribution < -0.4 is 10.1 Å².